The molecule has 3 rings (SSSR count). The van der Waals surface area contributed by atoms with Crippen LogP contribution in [-0.2, 0) is 13.0 Å². The van der Waals surface area contributed by atoms with Crippen LogP contribution in [0.1, 0.15) is 27.2 Å². The summed E-state index contributed by atoms with van der Waals surface area (Å²) in [6, 6.07) is 21.5. The van der Waals surface area contributed by atoms with Crippen LogP contribution in [-0.4, -0.2) is 35.4 Å². The monoisotopic (exact) mass is 461 g/mol. The summed E-state index contributed by atoms with van der Waals surface area (Å²) in [5, 5.41) is 0. The summed E-state index contributed by atoms with van der Waals surface area (Å²) in [4.78, 5) is 19.1. The van der Waals surface area contributed by atoms with Crippen LogP contribution < -0.4 is 10.5 Å². The molecule has 0 aliphatic carbocycles. The van der Waals surface area contributed by atoms with Crippen molar-refractivity contribution in [3.8, 4) is 5.75 Å². The zero-order valence-corrected chi connectivity index (χ0v) is 19.2. The zero-order chi connectivity index (χ0) is 20.5. The lowest BCUT2D eigenvalue weighted by Gasteiger charge is -2.22. The lowest BCUT2D eigenvalue weighted by atomic mass is 10.1. The summed E-state index contributed by atoms with van der Waals surface area (Å²) >= 11 is 0. The molecule has 1 heterocycles. The fourth-order valence-corrected chi connectivity index (χ4v) is 3.06. The molecule has 2 aromatic carbocycles. The average Bonchev–Trinajstić information content (AvgIpc) is 2.77. The van der Waals surface area contributed by atoms with Crippen LogP contribution in [0.15, 0.2) is 72.9 Å². The molecule has 0 radical (unpaired) electrons. The first kappa shape index (κ1) is 26.4. The Labute approximate surface area is 196 Å². The van der Waals surface area contributed by atoms with Crippen molar-refractivity contribution in [1.29, 1.82) is 0 Å². The molecule has 0 aliphatic rings. The van der Waals surface area contributed by atoms with Gasteiger partial charge in [-0.15, -0.1) is 24.8 Å². The van der Waals surface area contributed by atoms with E-state index in [1.54, 1.807) is 6.20 Å². The number of aryl methyl sites for hydroxylation is 1. The van der Waals surface area contributed by atoms with Gasteiger partial charge in [0.1, 0.15) is 12.4 Å². The van der Waals surface area contributed by atoms with Crippen molar-refractivity contribution in [3.63, 3.8) is 0 Å². The average molecular weight is 462 g/mol. The van der Waals surface area contributed by atoms with Gasteiger partial charge in [0.2, 0.25) is 0 Å². The predicted octanol–water partition coefficient (Wildman–Crippen LogP) is 4.46. The minimum atomic E-state index is -0.00904. The molecule has 2 N–H and O–H groups in total. The van der Waals surface area contributed by atoms with Gasteiger partial charge in [0.05, 0.1) is 6.20 Å². The molecule has 0 bridgehead atoms. The number of nitrogens with zero attached hydrogens (tertiary/aromatic N) is 2. The SMILES string of the molecule is Cc1ccc(OCc2cccc(C(=O)N(CCN)CCc3ccccc3)c2)cn1.Cl.Cl. The van der Waals surface area contributed by atoms with Gasteiger partial charge in [0.25, 0.3) is 5.91 Å². The van der Waals surface area contributed by atoms with Crippen LogP contribution in [0.5, 0.6) is 5.75 Å². The number of amides is 1. The molecule has 31 heavy (non-hydrogen) atoms. The molecule has 166 valence electrons. The highest BCUT2D eigenvalue weighted by molar-refractivity contribution is 5.94. The molecule has 0 aliphatic heterocycles. The van der Waals surface area contributed by atoms with E-state index in [9.17, 15) is 4.79 Å². The standard InChI is InChI=1S/C24H27N3O2.2ClH/c1-19-10-11-23(17-26-19)29-18-21-8-5-9-22(16-21)24(28)27(15-13-25)14-12-20-6-3-2-4-7-20;;/h2-11,16-17H,12-15,18,25H2,1H3;2*1H. The Morgan fingerprint density at radius 3 is 2.39 bits per heavy atom. The van der Waals surface area contributed by atoms with Crippen LogP contribution in [0.2, 0.25) is 0 Å². The highest BCUT2D eigenvalue weighted by Gasteiger charge is 2.15. The highest BCUT2D eigenvalue weighted by Crippen LogP contribution is 2.14. The Morgan fingerprint density at radius 1 is 0.968 bits per heavy atom. The van der Waals surface area contributed by atoms with Crippen molar-refractivity contribution in [2.45, 2.75) is 20.0 Å². The fraction of sp³-hybridized carbons (Fsp3) is 0.250. The normalized spacial score (nSPS) is 9.87. The molecule has 7 heteroatoms. The first-order chi connectivity index (χ1) is 14.2. The third kappa shape index (κ3) is 8.21. The van der Waals surface area contributed by atoms with Crippen molar-refractivity contribution in [3.05, 3.63) is 95.3 Å². The van der Waals surface area contributed by atoms with E-state index in [2.05, 4.69) is 17.1 Å². The molecular weight excluding hydrogens is 433 g/mol. The second-order valence-corrected chi connectivity index (χ2v) is 6.94. The number of aromatic nitrogens is 1. The van der Waals surface area contributed by atoms with Crippen LogP contribution in [0.3, 0.4) is 0 Å². The lowest BCUT2D eigenvalue weighted by Crippen LogP contribution is -2.37. The first-order valence-corrected chi connectivity index (χ1v) is 9.83. The van der Waals surface area contributed by atoms with Crippen LogP contribution in [0.4, 0.5) is 0 Å². The van der Waals surface area contributed by atoms with Gasteiger partial charge >= 0.3 is 0 Å². The number of benzene rings is 2. The number of halogens is 2. The Morgan fingerprint density at radius 2 is 1.71 bits per heavy atom. The second kappa shape index (κ2) is 13.7. The minimum absolute atomic E-state index is 0. The van der Waals surface area contributed by atoms with Gasteiger partial charge in [0.15, 0.2) is 0 Å². The summed E-state index contributed by atoms with van der Waals surface area (Å²) in [5.74, 6) is 0.699. The largest absolute Gasteiger partial charge is 0.487 e. The molecule has 0 saturated heterocycles. The number of hydrogen-bond donors (Lipinski definition) is 1. The molecule has 1 aromatic heterocycles. The molecule has 0 atom stereocenters. The molecular formula is C24H29Cl2N3O2. The van der Waals surface area contributed by atoms with E-state index in [0.29, 0.717) is 37.6 Å². The third-order valence-corrected chi connectivity index (χ3v) is 4.66. The smallest absolute Gasteiger partial charge is 0.253 e. The summed E-state index contributed by atoms with van der Waals surface area (Å²) in [7, 11) is 0. The molecule has 1 amide bonds. The molecule has 0 saturated carbocycles. The van der Waals surface area contributed by atoms with E-state index in [0.717, 1.165) is 17.7 Å². The van der Waals surface area contributed by atoms with Gasteiger partial charge < -0.3 is 15.4 Å². The van der Waals surface area contributed by atoms with Gasteiger partial charge in [0, 0.05) is 30.9 Å². The number of ether oxygens (including phenoxy) is 1. The Kier molecular flexibility index (Phi) is 11.6. The number of hydrogen-bond acceptors (Lipinski definition) is 4. The topological polar surface area (TPSA) is 68.5 Å². The van der Waals surface area contributed by atoms with Gasteiger partial charge in [-0.05, 0) is 48.7 Å². The van der Waals surface area contributed by atoms with Crippen molar-refractivity contribution in [2.24, 2.45) is 5.73 Å². The van der Waals surface area contributed by atoms with Crippen molar-refractivity contribution >= 4 is 30.7 Å². The van der Waals surface area contributed by atoms with Crippen LogP contribution in [0.25, 0.3) is 0 Å². The summed E-state index contributed by atoms with van der Waals surface area (Å²) in [6.07, 6.45) is 2.51. The number of carbonyl (C=O) groups is 1. The van der Waals surface area contributed by atoms with E-state index in [1.165, 1.54) is 5.56 Å². The van der Waals surface area contributed by atoms with E-state index in [-0.39, 0.29) is 30.7 Å². The molecule has 0 fully saturated rings. The maximum atomic E-state index is 13.0. The van der Waals surface area contributed by atoms with E-state index < -0.39 is 0 Å². The number of pyridine rings is 1. The van der Waals surface area contributed by atoms with E-state index >= 15 is 0 Å². The van der Waals surface area contributed by atoms with E-state index in [4.69, 9.17) is 10.5 Å². The first-order valence-electron chi connectivity index (χ1n) is 9.83. The minimum Gasteiger partial charge on any atom is -0.487 e. The summed E-state index contributed by atoms with van der Waals surface area (Å²) in [6.45, 7) is 3.91. The molecule has 0 unspecified atom stereocenters. The number of carbonyl (C=O) groups excluding carboxylic acids is 1. The highest BCUT2D eigenvalue weighted by atomic mass is 35.5. The number of nitrogens with two attached hydrogens (primary N) is 1. The number of rotatable bonds is 9. The zero-order valence-electron chi connectivity index (χ0n) is 17.6. The lowest BCUT2D eigenvalue weighted by molar-refractivity contribution is 0.0762. The van der Waals surface area contributed by atoms with Crippen molar-refractivity contribution < 1.29 is 9.53 Å². The fourth-order valence-electron chi connectivity index (χ4n) is 3.06. The van der Waals surface area contributed by atoms with Gasteiger partial charge in [-0.3, -0.25) is 9.78 Å². The summed E-state index contributed by atoms with van der Waals surface area (Å²) < 4.78 is 5.79. The quantitative estimate of drug-likeness (QED) is 0.510. The van der Waals surface area contributed by atoms with Crippen molar-refractivity contribution in [1.82, 2.24) is 9.88 Å². The molecule has 3 aromatic rings. The van der Waals surface area contributed by atoms with E-state index in [1.807, 2.05) is 66.4 Å². The molecule has 0 spiro atoms. The Hall–Kier alpha value is -2.60. The summed E-state index contributed by atoms with van der Waals surface area (Å²) in [5.41, 5.74) is 9.48. The second-order valence-electron chi connectivity index (χ2n) is 6.94. The van der Waals surface area contributed by atoms with Crippen LogP contribution >= 0.6 is 24.8 Å². The van der Waals surface area contributed by atoms with Crippen LogP contribution in [0, 0.1) is 6.92 Å². The predicted molar refractivity (Wildman–Crippen MR) is 129 cm³/mol. The third-order valence-electron chi connectivity index (χ3n) is 4.66. The van der Waals surface area contributed by atoms with Gasteiger partial charge in [-0.2, -0.15) is 0 Å². The van der Waals surface area contributed by atoms with Crippen molar-refractivity contribution in [2.75, 3.05) is 19.6 Å². The Bertz CT molecular complexity index is 922. The maximum Gasteiger partial charge on any atom is 0.253 e. The molecule has 5 nitrogen and oxygen atoms in total. The van der Waals surface area contributed by atoms with Gasteiger partial charge in [-0.1, -0.05) is 42.5 Å². The maximum absolute atomic E-state index is 13.0. The van der Waals surface area contributed by atoms with Gasteiger partial charge in [-0.25, -0.2) is 0 Å². The Balaban J connectivity index is 0.00000240.